The number of fused-ring (bicyclic) bond motifs is 1. The van der Waals surface area contributed by atoms with Crippen molar-refractivity contribution in [3.63, 3.8) is 0 Å². The lowest BCUT2D eigenvalue weighted by atomic mass is 10.0. The third kappa shape index (κ3) is 6.29. The Morgan fingerprint density at radius 1 is 1.17 bits per heavy atom. The van der Waals surface area contributed by atoms with Gasteiger partial charge in [0.1, 0.15) is 11.2 Å². The standard InChI is InChI=1S/C27H30F4N4S/c1-4-19-15-18(2)9-10-22(19)32-12-5-7-20-16-25-24(33-23-11-14-34(3)17-21(23)28)8-6-13-35(25)26(20)36-27(29,30)31/h6,8-10,13,15-16,21,23,32-33H,4,11-12,14,17H2,1-3H3. The number of thioether (sulfide) groups is 1. The monoisotopic (exact) mass is 518 g/mol. The molecule has 0 amide bonds. The van der Waals surface area contributed by atoms with E-state index in [0.717, 1.165) is 24.2 Å². The zero-order chi connectivity index (χ0) is 25.9. The first-order valence-electron chi connectivity index (χ1n) is 12.0. The molecule has 3 heterocycles. The van der Waals surface area contributed by atoms with Crippen molar-refractivity contribution in [3.05, 3.63) is 59.3 Å². The number of pyridine rings is 1. The molecule has 4 rings (SSSR count). The fourth-order valence-corrected chi connectivity index (χ4v) is 5.18. The van der Waals surface area contributed by atoms with Gasteiger partial charge in [-0.1, -0.05) is 36.5 Å². The second kappa shape index (κ2) is 11.1. The van der Waals surface area contributed by atoms with Gasteiger partial charge in [0.15, 0.2) is 0 Å². The van der Waals surface area contributed by atoms with E-state index >= 15 is 0 Å². The fraction of sp³-hybridized carbons (Fsp3) is 0.407. The van der Waals surface area contributed by atoms with Crippen LogP contribution in [0.15, 0.2) is 47.6 Å². The Bertz CT molecular complexity index is 1270. The van der Waals surface area contributed by atoms with Crippen LogP contribution in [0.2, 0.25) is 0 Å². The molecule has 3 aromatic rings. The number of rotatable bonds is 6. The molecule has 0 saturated carbocycles. The van der Waals surface area contributed by atoms with Crippen LogP contribution in [0.4, 0.5) is 28.9 Å². The summed E-state index contributed by atoms with van der Waals surface area (Å²) in [6, 6.07) is 10.8. The normalized spacial score (nSPS) is 18.6. The number of aromatic nitrogens is 1. The molecule has 1 fully saturated rings. The average Bonchev–Trinajstić information content (AvgIpc) is 3.16. The van der Waals surface area contributed by atoms with Crippen molar-refractivity contribution in [2.45, 2.75) is 49.4 Å². The van der Waals surface area contributed by atoms with E-state index in [4.69, 9.17) is 0 Å². The van der Waals surface area contributed by atoms with Crippen molar-refractivity contribution in [2.75, 3.05) is 37.3 Å². The summed E-state index contributed by atoms with van der Waals surface area (Å²) in [7, 11) is 1.87. The number of piperidine rings is 1. The maximum Gasteiger partial charge on any atom is 0.447 e. The molecule has 1 aromatic carbocycles. The third-order valence-corrected chi connectivity index (χ3v) is 7.13. The summed E-state index contributed by atoms with van der Waals surface area (Å²) in [4.78, 5) is 1.93. The zero-order valence-corrected chi connectivity index (χ0v) is 21.4. The van der Waals surface area contributed by atoms with Gasteiger partial charge < -0.3 is 19.9 Å². The van der Waals surface area contributed by atoms with Crippen molar-refractivity contribution < 1.29 is 17.6 Å². The highest BCUT2D eigenvalue weighted by atomic mass is 32.2. The fourth-order valence-electron chi connectivity index (χ4n) is 4.48. The summed E-state index contributed by atoms with van der Waals surface area (Å²) >= 11 is -0.187. The second-order valence-electron chi connectivity index (χ2n) is 9.08. The van der Waals surface area contributed by atoms with Crippen LogP contribution in [0, 0.1) is 18.8 Å². The number of anilines is 2. The Labute approximate surface area is 213 Å². The highest BCUT2D eigenvalue weighted by Gasteiger charge is 2.33. The summed E-state index contributed by atoms with van der Waals surface area (Å²) in [5.74, 6) is 5.90. The first kappa shape index (κ1) is 26.2. The minimum absolute atomic E-state index is 0.00147. The van der Waals surface area contributed by atoms with Crippen LogP contribution in [-0.4, -0.2) is 53.7 Å². The molecule has 36 heavy (non-hydrogen) atoms. The number of alkyl halides is 4. The van der Waals surface area contributed by atoms with Gasteiger partial charge in [-0.25, -0.2) is 4.39 Å². The van der Waals surface area contributed by atoms with Gasteiger partial charge in [0.05, 0.1) is 29.4 Å². The lowest BCUT2D eigenvalue weighted by molar-refractivity contribution is -0.0329. The Hall–Kier alpha value is -2.83. The number of hydrogen-bond donors (Lipinski definition) is 2. The molecule has 0 aliphatic carbocycles. The molecule has 4 nitrogen and oxygen atoms in total. The quantitative estimate of drug-likeness (QED) is 0.227. The van der Waals surface area contributed by atoms with Crippen LogP contribution in [-0.2, 0) is 6.42 Å². The molecule has 1 saturated heterocycles. The summed E-state index contributed by atoms with van der Waals surface area (Å²) in [6.45, 7) is 5.47. The van der Waals surface area contributed by atoms with Crippen LogP contribution in [0.25, 0.3) is 5.52 Å². The van der Waals surface area contributed by atoms with E-state index in [1.165, 1.54) is 9.96 Å². The van der Waals surface area contributed by atoms with E-state index in [9.17, 15) is 17.6 Å². The van der Waals surface area contributed by atoms with Gasteiger partial charge in [-0.15, -0.1) is 0 Å². The van der Waals surface area contributed by atoms with Crippen LogP contribution in [0.1, 0.15) is 30.0 Å². The molecule has 1 aliphatic rings. The molecule has 2 unspecified atom stereocenters. The van der Waals surface area contributed by atoms with E-state index in [-0.39, 0.29) is 22.4 Å². The molecular weight excluding hydrogens is 488 g/mol. The number of aryl methyl sites for hydroxylation is 2. The van der Waals surface area contributed by atoms with Crippen molar-refractivity contribution in [1.29, 1.82) is 0 Å². The molecule has 2 atom stereocenters. The van der Waals surface area contributed by atoms with Gasteiger partial charge in [-0.2, -0.15) is 13.2 Å². The molecule has 0 radical (unpaired) electrons. The number of nitrogens with one attached hydrogen (secondary N) is 2. The van der Waals surface area contributed by atoms with Crippen molar-refractivity contribution in [1.82, 2.24) is 9.30 Å². The minimum atomic E-state index is -4.47. The Balaban J connectivity index is 1.61. The van der Waals surface area contributed by atoms with Crippen molar-refractivity contribution in [2.24, 2.45) is 0 Å². The Morgan fingerprint density at radius 2 is 1.97 bits per heavy atom. The predicted octanol–water partition coefficient (Wildman–Crippen LogP) is 6.34. The highest BCUT2D eigenvalue weighted by molar-refractivity contribution is 8.00. The molecule has 2 N–H and O–H groups in total. The summed E-state index contributed by atoms with van der Waals surface area (Å²) < 4.78 is 56.4. The van der Waals surface area contributed by atoms with E-state index < -0.39 is 17.7 Å². The Morgan fingerprint density at radius 3 is 2.69 bits per heavy atom. The highest BCUT2D eigenvalue weighted by Crippen LogP contribution is 2.40. The molecule has 1 aliphatic heterocycles. The van der Waals surface area contributed by atoms with Gasteiger partial charge in [0.25, 0.3) is 0 Å². The van der Waals surface area contributed by atoms with Gasteiger partial charge in [-0.05, 0) is 56.6 Å². The molecule has 0 bridgehead atoms. The lowest BCUT2D eigenvalue weighted by Crippen LogP contribution is -2.46. The lowest BCUT2D eigenvalue weighted by Gasteiger charge is -2.33. The van der Waals surface area contributed by atoms with Crippen LogP contribution >= 0.6 is 11.8 Å². The third-order valence-electron chi connectivity index (χ3n) is 6.29. The number of hydrogen-bond acceptors (Lipinski definition) is 4. The predicted molar refractivity (Wildman–Crippen MR) is 140 cm³/mol. The number of halogens is 4. The maximum atomic E-state index is 14.6. The van der Waals surface area contributed by atoms with Crippen molar-refractivity contribution in [3.8, 4) is 11.8 Å². The van der Waals surface area contributed by atoms with Crippen LogP contribution in [0.5, 0.6) is 0 Å². The molecular formula is C27H30F4N4S. The summed E-state index contributed by atoms with van der Waals surface area (Å²) in [6.07, 6.45) is 1.99. The van der Waals surface area contributed by atoms with Crippen LogP contribution < -0.4 is 10.6 Å². The van der Waals surface area contributed by atoms with Gasteiger partial charge in [0, 0.05) is 36.7 Å². The van der Waals surface area contributed by atoms with Crippen LogP contribution in [0.3, 0.4) is 0 Å². The van der Waals surface area contributed by atoms with Gasteiger partial charge in [-0.3, -0.25) is 0 Å². The average molecular weight is 519 g/mol. The maximum absolute atomic E-state index is 14.6. The summed E-state index contributed by atoms with van der Waals surface area (Å²) in [5, 5.41) is 6.50. The minimum Gasteiger partial charge on any atom is -0.378 e. The molecule has 9 heteroatoms. The number of likely N-dealkylation sites (tertiary alicyclic amines) is 1. The van der Waals surface area contributed by atoms with E-state index in [0.29, 0.717) is 30.7 Å². The topological polar surface area (TPSA) is 31.7 Å². The number of nitrogens with zero attached hydrogens (tertiary/aromatic N) is 2. The molecule has 2 aromatic heterocycles. The van der Waals surface area contributed by atoms with E-state index in [2.05, 4.69) is 35.5 Å². The smallest absolute Gasteiger partial charge is 0.378 e. The van der Waals surface area contributed by atoms with E-state index in [1.807, 2.05) is 31.0 Å². The molecule has 0 spiro atoms. The second-order valence-corrected chi connectivity index (χ2v) is 10.1. The van der Waals surface area contributed by atoms with E-state index in [1.54, 1.807) is 24.4 Å². The first-order chi connectivity index (χ1) is 17.1. The SMILES string of the molecule is CCc1cc(C)ccc1NCC#Cc1cc2c(NC3CCN(C)CC3F)cccn2c1SC(F)(F)F. The number of benzene rings is 1. The first-order valence-corrected chi connectivity index (χ1v) is 12.8. The largest absolute Gasteiger partial charge is 0.447 e. The van der Waals surface area contributed by atoms with Gasteiger partial charge >= 0.3 is 5.51 Å². The van der Waals surface area contributed by atoms with Gasteiger partial charge in [0.2, 0.25) is 0 Å². The van der Waals surface area contributed by atoms with Crippen molar-refractivity contribution >= 4 is 28.7 Å². The summed E-state index contributed by atoms with van der Waals surface area (Å²) in [5.41, 5.74) is 0.249. The molecule has 192 valence electrons. The Kier molecular flexibility index (Phi) is 8.06. The zero-order valence-electron chi connectivity index (χ0n) is 20.5.